The van der Waals surface area contributed by atoms with Gasteiger partial charge in [-0.25, -0.2) is 6.08 Å². The second-order valence-corrected chi connectivity index (χ2v) is 16.5. The summed E-state index contributed by atoms with van der Waals surface area (Å²) < 4.78 is 1.42. The number of hydrogen-bond acceptors (Lipinski definition) is 0. The van der Waals surface area contributed by atoms with Gasteiger partial charge in [-0.3, -0.25) is 6.08 Å². The maximum Gasteiger partial charge on any atom is -0.0716 e. The summed E-state index contributed by atoms with van der Waals surface area (Å²) in [6.45, 7) is 22.4. The molecule has 0 amide bonds. The molecule has 246 valence electrons. The van der Waals surface area contributed by atoms with Gasteiger partial charge in [0.2, 0.25) is 0 Å². The summed E-state index contributed by atoms with van der Waals surface area (Å²) in [7, 11) is 0. The normalized spacial score (nSPS) is 14.2. The molecule has 0 radical (unpaired) electrons. The van der Waals surface area contributed by atoms with Crippen molar-refractivity contribution in [2.45, 2.75) is 80.1 Å². The molecule has 6 rings (SSSR count). The third-order valence-electron chi connectivity index (χ3n) is 8.40. The van der Waals surface area contributed by atoms with Crippen LogP contribution in [0.1, 0.15) is 91.5 Å². The van der Waals surface area contributed by atoms with Crippen molar-refractivity contribution in [2.24, 2.45) is 11.3 Å². The summed E-state index contributed by atoms with van der Waals surface area (Å²) in [5.74, 6) is 0.522. The Morgan fingerprint density at radius 1 is 0.574 bits per heavy atom. The molecule has 5 aromatic carbocycles. The Kier molecular flexibility index (Phi) is 14.6. The van der Waals surface area contributed by atoms with Crippen LogP contribution >= 0.6 is 0 Å². The molecule has 0 fully saturated rings. The van der Waals surface area contributed by atoms with Crippen LogP contribution in [0.5, 0.6) is 0 Å². The van der Waals surface area contributed by atoms with Crippen molar-refractivity contribution in [2.75, 3.05) is 0 Å². The summed E-state index contributed by atoms with van der Waals surface area (Å²) in [5, 5.41) is 5.39. The maximum atomic E-state index is 3.26. The molecule has 0 N–H and O–H groups in total. The zero-order chi connectivity index (χ0) is 33.0. The first-order chi connectivity index (χ1) is 21.0. The van der Waals surface area contributed by atoms with Crippen LogP contribution in [-0.2, 0) is 35.1 Å². The minimum Gasteiger partial charge on any atom is -1.00 e. The summed E-state index contributed by atoms with van der Waals surface area (Å²) >= 11 is 1.46. The van der Waals surface area contributed by atoms with Gasteiger partial charge in [0.1, 0.15) is 0 Å². The van der Waals surface area contributed by atoms with Crippen LogP contribution in [-0.4, -0.2) is 3.21 Å². The second-order valence-electron chi connectivity index (χ2n) is 15.3. The molecule has 0 nitrogen and oxygen atoms in total. The van der Waals surface area contributed by atoms with Gasteiger partial charge in [0.05, 0.1) is 0 Å². The molecule has 3 heteroatoms. The van der Waals surface area contributed by atoms with Gasteiger partial charge in [-0.05, 0) is 0 Å². The SMILES string of the molecule is CC(C)(C)c1ccc([C](=[Zr+2])c2ccc(C(C)(C)C)cc2)cc1.CC1[C-]=CC(C(C)(C)C)=C1.[Cl-].[Cl-].c1ccc2c(c1)[cH-]c1ccccc12. The summed E-state index contributed by atoms with van der Waals surface area (Å²) in [6.07, 6.45) is 7.65. The van der Waals surface area contributed by atoms with E-state index in [9.17, 15) is 0 Å². The van der Waals surface area contributed by atoms with E-state index in [1.54, 1.807) is 0 Å². The van der Waals surface area contributed by atoms with Gasteiger partial charge in [-0.1, -0.05) is 75.4 Å². The van der Waals surface area contributed by atoms with Gasteiger partial charge in [-0.15, -0.1) is 39.7 Å². The van der Waals surface area contributed by atoms with Crippen molar-refractivity contribution in [3.8, 4) is 0 Å². The number of rotatable bonds is 2. The number of halogens is 2. The first kappa shape index (κ1) is 40.7. The minimum atomic E-state index is 0. The van der Waals surface area contributed by atoms with Gasteiger partial charge in [-0.2, -0.15) is 11.6 Å². The molecular formula is C44H50Cl2Zr-2. The average Bonchev–Trinajstić information content (AvgIpc) is 3.61. The van der Waals surface area contributed by atoms with E-state index in [0.29, 0.717) is 11.3 Å². The zero-order valence-electron chi connectivity index (χ0n) is 29.8. The van der Waals surface area contributed by atoms with Gasteiger partial charge in [0.25, 0.3) is 0 Å². The first-order valence-electron chi connectivity index (χ1n) is 16.2. The van der Waals surface area contributed by atoms with Crippen molar-refractivity contribution in [1.29, 1.82) is 0 Å². The summed E-state index contributed by atoms with van der Waals surface area (Å²) in [6, 6.07) is 37.4. The molecular weight excluding hydrogens is 691 g/mol. The summed E-state index contributed by atoms with van der Waals surface area (Å²) in [5.41, 5.74) is 7.62. The Morgan fingerprint density at radius 2 is 0.957 bits per heavy atom. The van der Waals surface area contributed by atoms with Gasteiger partial charge < -0.3 is 24.8 Å². The van der Waals surface area contributed by atoms with E-state index < -0.39 is 0 Å². The van der Waals surface area contributed by atoms with Gasteiger partial charge in [0.15, 0.2) is 0 Å². The second kappa shape index (κ2) is 16.8. The Bertz CT molecular complexity index is 1690. The van der Waals surface area contributed by atoms with Crippen LogP contribution in [0.25, 0.3) is 21.5 Å². The molecule has 0 spiro atoms. The Balaban J connectivity index is 0.000000261. The molecule has 0 aliphatic heterocycles. The standard InChI is InChI=1S/C21H26.C13H9.C10H15.2ClH.Zr/c1-20(2,3)18-11-7-16(8-12-18)15-17-9-13-19(14-10-17)21(4,5)6;1-3-7-12-10(5-1)9-11-6-2-4-8-13(11)12;1-8-5-6-9(7-8)10(2,3)4;;;/h7-14H,1-6H3;1-9H;6-8H,1-4H3;2*1H;/q;2*-1;;;+2/p-2. The molecule has 0 aromatic heterocycles. The van der Waals surface area contributed by atoms with Crippen LogP contribution in [0.4, 0.5) is 0 Å². The number of fused-ring (bicyclic) bond motifs is 3. The van der Waals surface area contributed by atoms with Gasteiger partial charge >= 0.3 is 151 Å². The molecule has 1 atom stereocenters. The van der Waals surface area contributed by atoms with Gasteiger partial charge in [0, 0.05) is 0 Å². The largest absolute Gasteiger partial charge is 1.00 e. The van der Waals surface area contributed by atoms with E-state index in [4.69, 9.17) is 0 Å². The minimum absolute atomic E-state index is 0. The topological polar surface area (TPSA) is 0 Å². The van der Waals surface area contributed by atoms with Crippen molar-refractivity contribution in [3.63, 3.8) is 0 Å². The van der Waals surface area contributed by atoms with Crippen LogP contribution < -0.4 is 24.8 Å². The van der Waals surface area contributed by atoms with Crippen molar-refractivity contribution in [1.82, 2.24) is 0 Å². The van der Waals surface area contributed by atoms with Crippen LogP contribution in [0.2, 0.25) is 0 Å². The molecule has 0 saturated heterocycles. The first-order valence-corrected chi connectivity index (χ1v) is 17.4. The monoisotopic (exact) mass is 738 g/mol. The fourth-order valence-electron chi connectivity index (χ4n) is 5.40. The fourth-order valence-corrected chi connectivity index (χ4v) is 6.22. The van der Waals surface area contributed by atoms with Crippen LogP contribution in [0.15, 0.2) is 121 Å². The molecule has 47 heavy (non-hydrogen) atoms. The molecule has 1 unspecified atom stereocenters. The number of benzene rings is 4. The van der Waals surface area contributed by atoms with Crippen molar-refractivity contribution >= 4 is 24.8 Å². The Labute approximate surface area is 312 Å². The van der Waals surface area contributed by atoms with E-state index >= 15 is 0 Å². The summed E-state index contributed by atoms with van der Waals surface area (Å²) in [4.78, 5) is 0. The van der Waals surface area contributed by atoms with E-state index in [-0.39, 0.29) is 35.6 Å². The zero-order valence-corrected chi connectivity index (χ0v) is 33.8. The quantitative estimate of drug-likeness (QED) is 0.193. The fraction of sp³-hybridized carbons (Fsp3) is 0.318. The maximum absolute atomic E-state index is 3.26. The van der Waals surface area contributed by atoms with Crippen LogP contribution in [0, 0.1) is 17.4 Å². The molecule has 0 saturated carbocycles. The number of allylic oxidation sites excluding steroid dienone is 4. The van der Waals surface area contributed by atoms with E-state index in [2.05, 4.69) is 191 Å². The smallest absolute Gasteiger partial charge is 0.0716 e. The van der Waals surface area contributed by atoms with Crippen molar-refractivity contribution < 1.29 is 49.0 Å². The predicted octanol–water partition coefficient (Wildman–Crippen LogP) is 6.09. The molecule has 1 aliphatic rings. The molecule has 0 bridgehead atoms. The molecule has 1 aliphatic carbocycles. The Hall–Kier alpha value is -2.44. The third-order valence-corrected chi connectivity index (χ3v) is 9.82. The average molecular weight is 741 g/mol. The predicted molar refractivity (Wildman–Crippen MR) is 195 cm³/mol. The third kappa shape index (κ3) is 11.0. The van der Waals surface area contributed by atoms with E-state index in [1.165, 1.54) is 76.8 Å². The molecule has 5 aromatic rings. The number of hydrogen-bond donors (Lipinski definition) is 0. The van der Waals surface area contributed by atoms with Crippen molar-refractivity contribution in [3.05, 3.63) is 149 Å². The molecule has 0 heterocycles. The van der Waals surface area contributed by atoms with Crippen LogP contribution in [0.3, 0.4) is 0 Å². The van der Waals surface area contributed by atoms with E-state index in [1.807, 2.05) is 0 Å². The Morgan fingerprint density at radius 3 is 1.26 bits per heavy atom. The van der Waals surface area contributed by atoms with E-state index in [0.717, 1.165) is 0 Å².